The number of ketones is 1. The maximum Gasteiger partial charge on any atom is 0.141 e. The summed E-state index contributed by atoms with van der Waals surface area (Å²) in [5.74, 6) is -0.608. The smallest absolute Gasteiger partial charge is 0.141 e. The zero-order valence-corrected chi connectivity index (χ0v) is 10.6. The van der Waals surface area contributed by atoms with Gasteiger partial charge in [0.15, 0.2) is 0 Å². The lowest BCUT2D eigenvalue weighted by atomic mass is 9.94. The SMILES string of the molecule is CCCC(CN)C(=O)Cc1ccc(Cl)cc1F. The summed E-state index contributed by atoms with van der Waals surface area (Å²) in [6.07, 6.45) is 1.74. The van der Waals surface area contributed by atoms with E-state index in [1.807, 2.05) is 6.92 Å². The average molecular weight is 258 g/mol. The molecule has 2 nitrogen and oxygen atoms in total. The molecule has 0 amide bonds. The van der Waals surface area contributed by atoms with Crippen molar-refractivity contribution in [2.75, 3.05) is 6.54 Å². The lowest BCUT2D eigenvalue weighted by molar-refractivity contribution is -0.122. The number of hydrogen-bond donors (Lipinski definition) is 1. The Morgan fingerprint density at radius 3 is 2.76 bits per heavy atom. The number of carbonyl (C=O) groups is 1. The van der Waals surface area contributed by atoms with Crippen molar-refractivity contribution in [1.29, 1.82) is 0 Å². The Kier molecular flexibility index (Phi) is 5.59. The van der Waals surface area contributed by atoms with Crippen molar-refractivity contribution in [1.82, 2.24) is 0 Å². The fourth-order valence-corrected chi connectivity index (χ4v) is 1.91. The third-order valence-corrected chi connectivity index (χ3v) is 2.99. The van der Waals surface area contributed by atoms with E-state index in [0.29, 0.717) is 17.1 Å². The number of halogens is 2. The number of carbonyl (C=O) groups excluding carboxylic acids is 1. The monoisotopic (exact) mass is 257 g/mol. The zero-order chi connectivity index (χ0) is 12.8. The van der Waals surface area contributed by atoms with Gasteiger partial charge >= 0.3 is 0 Å². The summed E-state index contributed by atoms with van der Waals surface area (Å²) in [5, 5.41) is 0.336. The molecule has 17 heavy (non-hydrogen) atoms. The summed E-state index contributed by atoms with van der Waals surface area (Å²) in [6, 6.07) is 4.36. The van der Waals surface area contributed by atoms with Gasteiger partial charge in [-0.05, 0) is 24.1 Å². The second-order valence-electron chi connectivity index (χ2n) is 4.10. The van der Waals surface area contributed by atoms with Gasteiger partial charge in [-0.3, -0.25) is 4.79 Å². The Hall–Kier alpha value is -0.930. The standard InChI is InChI=1S/C13H17ClFNO/c1-2-3-10(8-16)13(17)6-9-4-5-11(14)7-12(9)15/h4-5,7,10H,2-3,6,8,16H2,1H3. The van der Waals surface area contributed by atoms with Crippen LogP contribution < -0.4 is 5.73 Å². The normalized spacial score (nSPS) is 12.5. The highest BCUT2D eigenvalue weighted by molar-refractivity contribution is 6.30. The van der Waals surface area contributed by atoms with Crippen molar-refractivity contribution in [3.05, 3.63) is 34.6 Å². The van der Waals surface area contributed by atoms with E-state index in [0.717, 1.165) is 12.8 Å². The summed E-state index contributed by atoms with van der Waals surface area (Å²) in [4.78, 5) is 11.9. The van der Waals surface area contributed by atoms with E-state index >= 15 is 0 Å². The van der Waals surface area contributed by atoms with Gasteiger partial charge in [0.2, 0.25) is 0 Å². The van der Waals surface area contributed by atoms with Crippen LogP contribution in [0.15, 0.2) is 18.2 Å². The van der Waals surface area contributed by atoms with Gasteiger partial charge in [0.1, 0.15) is 11.6 Å². The van der Waals surface area contributed by atoms with Crippen molar-refractivity contribution in [3.8, 4) is 0 Å². The second-order valence-corrected chi connectivity index (χ2v) is 4.54. The third kappa shape index (κ3) is 4.10. The molecular formula is C13H17ClFNO. The Balaban J connectivity index is 2.73. The van der Waals surface area contributed by atoms with Gasteiger partial charge in [-0.15, -0.1) is 0 Å². The fourth-order valence-electron chi connectivity index (χ4n) is 1.76. The van der Waals surface area contributed by atoms with Gasteiger partial charge in [0.05, 0.1) is 0 Å². The quantitative estimate of drug-likeness (QED) is 0.851. The predicted octanol–water partition coefficient (Wildman–Crippen LogP) is 2.97. The summed E-state index contributed by atoms with van der Waals surface area (Å²) in [7, 11) is 0. The van der Waals surface area contributed by atoms with E-state index in [1.165, 1.54) is 6.07 Å². The average Bonchev–Trinajstić information content (AvgIpc) is 2.29. The van der Waals surface area contributed by atoms with Crippen LogP contribution in [-0.4, -0.2) is 12.3 Å². The summed E-state index contributed by atoms with van der Waals surface area (Å²) >= 11 is 5.65. The predicted molar refractivity (Wildman–Crippen MR) is 67.6 cm³/mol. The molecule has 4 heteroatoms. The first-order valence-electron chi connectivity index (χ1n) is 5.75. The molecule has 1 aromatic carbocycles. The molecule has 0 saturated carbocycles. The minimum Gasteiger partial charge on any atom is -0.330 e. The Morgan fingerprint density at radius 1 is 1.53 bits per heavy atom. The maximum absolute atomic E-state index is 13.5. The third-order valence-electron chi connectivity index (χ3n) is 2.76. The van der Waals surface area contributed by atoms with Crippen molar-refractivity contribution in [3.63, 3.8) is 0 Å². The van der Waals surface area contributed by atoms with Crippen LogP contribution in [0.3, 0.4) is 0 Å². The van der Waals surface area contributed by atoms with Crippen molar-refractivity contribution in [2.24, 2.45) is 11.7 Å². The fraction of sp³-hybridized carbons (Fsp3) is 0.462. The summed E-state index contributed by atoms with van der Waals surface area (Å²) < 4.78 is 13.5. The highest BCUT2D eigenvalue weighted by Gasteiger charge is 2.17. The lowest BCUT2D eigenvalue weighted by Crippen LogP contribution is -2.25. The summed E-state index contributed by atoms with van der Waals surface area (Å²) in [5.41, 5.74) is 5.92. The Bertz CT molecular complexity index is 395. The molecule has 0 spiro atoms. The first-order valence-corrected chi connectivity index (χ1v) is 6.13. The Morgan fingerprint density at radius 2 is 2.24 bits per heavy atom. The largest absolute Gasteiger partial charge is 0.330 e. The van der Waals surface area contributed by atoms with Crippen LogP contribution >= 0.6 is 11.6 Å². The second kappa shape index (κ2) is 6.72. The van der Waals surface area contributed by atoms with Gasteiger partial charge in [0, 0.05) is 23.9 Å². The molecule has 0 aromatic heterocycles. The minimum absolute atomic E-state index is 0.00410. The van der Waals surface area contributed by atoms with Crippen LogP contribution in [0.5, 0.6) is 0 Å². The highest BCUT2D eigenvalue weighted by atomic mass is 35.5. The molecular weight excluding hydrogens is 241 g/mol. The van der Waals surface area contributed by atoms with Gasteiger partial charge in [-0.25, -0.2) is 4.39 Å². The number of rotatable bonds is 6. The van der Waals surface area contributed by atoms with Crippen molar-refractivity contribution in [2.45, 2.75) is 26.2 Å². The molecule has 0 saturated heterocycles. The van der Waals surface area contributed by atoms with Gasteiger partial charge in [0.25, 0.3) is 0 Å². The molecule has 1 aromatic rings. The molecule has 0 radical (unpaired) electrons. The molecule has 0 fully saturated rings. The van der Waals surface area contributed by atoms with Crippen LogP contribution in [0.4, 0.5) is 4.39 Å². The van der Waals surface area contributed by atoms with Crippen molar-refractivity contribution >= 4 is 17.4 Å². The lowest BCUT2D eigenvalue weighted by Gasteiger charge is -2.12. The maximum atomic E-state index is 13.5. The molecule has 94 valence electrons. The zero-order valence-electron chi connectivity index (χ0n) is 9.88. The van der Waals surface area contributed by atoms with Crippen LogP contribution in [0.25, 0.3) is 0 Å². The number of nitrogens with two attached hydrogens (primary N) is 1. The van der Waals surface area contributed by atoms with E-state index in [1.54, 1.807) is 12.1 Å². The van der Waals surface area contributed by atoms with Gasteiger partial charge in [-0.2, -0.15) is 0 Å². The van der Waals surface area contributed by atoms with E-state index in [4.69, 9.17) is 17.3 Å². The van der Waals surface area contributed by atoms with E-state index in [-0.39, 0.29) is 18.1 Å². The number of hydrogen-bond acceptors (Lipinski definition) is 2. The van der Waals surface area contributed by atoms with E-state index in [2.05, 4.69) is 0 Å². The minimum atomic E-state index is -0.432. The van der Waals surface area contributed by atoms with Crippen molar-refractivity contribution < 1.29 is 9.18 Å². The van der Waals surface area contributed by atoms with Crippen LogP contribution in [0, 0.1) is 11.7 Å². The van der Waals surface area contributed by atoms with E-state index < -0.39 is 5.82 Å². The molecule has 1 atom stereocenters. The molecule has 1 unspecified atom stereocenters. The first kappa shape index (κ1) is 14.1. The number of Topliss-reactive ketones (excluding diaryl/α,β-unsaturated/α-hetero) is 1. The van der Waals surface area contributed by atoms with Crippen LogP contribution in [-0.2, 0) is 11.2 Å². The summed E-state index contributed by atoms with van der Waals surface area (Å²) in [6.45, 7) is 2.32. The van der Waals surface area contributed by atoms with E-state index in [9.17, 15) is 9.18 Å². The Labute approximate surface area is 106 Å². The molecule has 0 bridgehead atoms. The molecule has 0 aliphatic heterocycles. The van der Waals surface area contributed by atoms with Gasteiger partial charge < -0.3 is 5.73 Å². The molecule has 0 aliphatic rings. The highest BCUT2D eigenvalue weighted by Crippen LogP contribution is 2.17. The molecule has 0 heterocycles. The van der Waals surface area contributed by atoms with Crippen LogP contribution in [0.1, 0.15) is 25.3 Å². The number of benzene rings is 1. The van der Waals surface area contributed by atoms with Crippen LogP contribution in [0.2, 0.25) is 5.02 Å². The first-order chi connectivity index (χ1) is 8.08. The molecule has 0 aliphatic carbocycles. The molecule has 1 rings (SSSR count). The topological polar surface area (TPSA) is 43.1 Å². The van der Waals surface area contributed by atoms with Gasteiger partial charge in [-0.1, -0.05) is 31.0 Å². The molecule has 2 N–H and O–H groups in total.